The average Bonchev–Trinajstić information content (AvgIpc) is 2.97. The molecule has 2 fully saturated rings. The molecular formula is C12H20N2O3. The molecule has 0 radical (unpaired) electrons. The fourth-order valence-electron chi connectivity index (χ4n) is 2.52. The Bertz CT molecular complexity index is 328. The zero-order valence-electron chi connectivity index (χ0n) is 10.1. The molecule has 1 heterocycles. The van der Waals surface area contributed by atoms with Crippen LogP contribution in [0, 0.1) is 17.8 Å². The number of hydrogen-bond acceptors (Lipinski definition) is 3. The second kappa shape index (κ2) is 4.64. The number of rotatable bonds is 4. The number of aliphatic carboxylic acids is 1. The zero-order chi connectivity index (χ0) is 12.6. The van der Waals surface area contributed by atoms with E-state index in [4.69, 9.17) is 10.8 Å². The molecular weight excluding hydrogens is 220 g/mol. The highest BCUT2D eigenvalue weighted by atomic mass is 16.4. The third kappa shape index (κ3) is 2.77. The molecule has 96 valence electrons. The summed E-state index contributed by atoms with van der Waals surface area (Å²) in [7, 11) is 0. The van der Waals surface area contributed by atoms with Gasteiger partial charge in [-0.2, -0.15) is 0 Å². The summed E-state index contributed by atoms with van der Waals surface area (Å²) < 4.78 is 0. The molecule has 0 aromatic carbocycles. The predicted octanol–water partition coefficient (Wildman–Crippen LogP) is 0.293. The van der Waals surface area contributed by atoms with Crippen LogP contribution in [0.4, 0.5) is 0 Å². The third-order valence-electron chi connectivity index (χ3n) is 3.84. The van der Waals surface area contributed by atoms with Crippen LogP contribution in [0.25, 0.3) is 0 Å². The summed E-state index contributed by atoms with van der Waals surface area (Å²) in [5, 5.41) is 9.01. The molecule has 17 heavy (non-hydrogen) atoms. The molecule has 1 unspecified atom stereocenters. The van der Waals surface area contributed by atoms with Gasteiger partial charge in [0.2, 0.25) is 5.91 Å². The van der Waals surface area contributed by atoms with E-state index in [1.807, 2.05) is 6.92 Å². The van der Waals surface area contributed by atoms with E-state index >= 15 is 0 Å². The smallest absolute Gasteiger partial charge is 0.308 e. The summed E-state index contributed by atoms with van der Waals surface area (Å²) in [5.74, 6) is -0.697. The van der Waals surface area contributed by atoms with Crippen molar-refractivity contribution in [1.82, 2.24) is 4.90 Å². The van der Waals surface area contributed by atoms with Gasteiger partial charge in [0.05, 0.1) is 12.0 Å². The largest absolute Gasteiger partial charge is 0.481 e. The van der Waals surface area contributed by atoms with Crippen molar-refractivity contribution in [3.8, 4) is 0 Å². The SMILES string of the molecule is C[C@@H]1CN(C(=O)C(N)CC2CC2)C[C@H]1C(=O)O. The van der Waals surface area contributed by atoms with Crippen molar-refractivity contribution in [1.29, 1.82) is 0 Å². The van der Waals surface area contributed by atoms with Crippen molar-refractivity contribution in [3.63, 3.8) is 0 Å². The van der Waals surface area contributed by atoms with Gasteiger partial charge in [0, 0.05) is 13.1 Å². The number of amides is 1. The predicted molar refractivity (Wildman–Crippen MR) is 62.2 cm³/mol. The normalized spacial score (nSPS) is 30.4. The Labute approximate surface area is 101 Å². The lowest BCUT2D eigenvalue weighted by molar-refractivity contribution is -0.142. The molecule has 2 rings (SSSR count). The summed E-state index contributed by atoms with van der Waals surface area (Å²) in [6, 6.07) is -0.442. The van der Waals surface area contributed by atoms with Crippen molar-refractivity contribution in [2.45, 2.75) is 32.2 Å². The van der Waals surface area contributed by atoms with Gasteiger partial charge >= 0.3 is 5.97 Å². The second-order valence-electron chi connectivity index (χ2n) is 5.45. The van der Waals surface area contributed by atoms with Gasteiger partial charge in [0.15, 0.2) is 0 Å². The zero-order valence-corrected chi connectivity index (χ0v) is 10.1. The minimum atomic E-state index is -0.816. The maximum absolute atomic E-state index is 12.0. The van der Waals surface area contributed by atoms with Gasteiger partial charge in [-0.25, -0.2) is 0 Å². The molecule has 1 saturated heterocycles. The molecule has 1 amide bonds. The maximum Gasteiger partial charge on any atom is 0.308 e. The Balaban J connectivity index is 1.89. The van der Waals surface area contributed by atoms with Crippen molar-refractivity contribution in [2.75, 3.05) is 13.1 Å². The minimum absolute atomic E-state index is 0.0181. The quantitative estimate of drug-likeness (QED) is 0.740. The first-order valence-corrected chi connectivity index (χ1v) is 6.26. The van der Waals surface area contributed by atoms with Gasteiger partial charge in [-0.05, 0) is 18.3 Å². The summed E-state index contributed by atoms with van der Waals surface area (Å²) in [5.41, 5.74) is 5.87. The fourth-order valence-corrected chi connectivity index (χ4v) is 2.52. The van der Waals surface area contributed by atoms with Crippen molar-refractivity contribution in [2.24, 2.45) is 23.5 Å². The molecule has 5 nitrogen and oxygen atoms in total. The fraction of sp³-hybridized carbons (Fsp3) is 0.833. The van der Waals surface area contributed by atoms with E-state index < -0.39 is 17.9 Å². The number of likely N-dealkylation sites (tertiary alicyclic amines) is 1. The Morgan fingerprint density at radius 1 is 1.41 bits per heavy atom. The lowest BCUT2D eigenvalue weighted by Crippen LogP contribution is -2.43. The third-order valence-corrected chi connectivity index (χ3v) is 3.84. The van der Waals surface area contributed by atoms with Crippen molar-refractivity contribution < 1.29 is 14.7 Å². The number of nitrogens with two attached hydrogens (primary N) is 1. The van der Waals surface area contributed by atoms with Gasteiger partial charge in [-0.3, -0.25) is 9.59 Å². The highest BCUT2D eigenvalue weighted by molar-refractivity contribution is 5.83. The van der Waals surface area contributed by atoms with Crippen LogP contribution >= 0.6 is 0 Å². The molecule has 5 heteroatoms. The van der Waals surface area contributed by atoms with Crippen LogP contribution in [-0.2, 0) is 9.59 Å². The van der Waals surface area contributed by atoms with Gasteiger partial charge in [0.25, 0.3) is 0 Å². The van der Waals surface area contributed by atoms with E-state index in [2.05, 4.69) is 0 Å². The number of carboxylic acid groups (broad SMARTS) is 1. The molecule has 3 N–H and O–H groups in total. The molecule has 1 aliphatic carbocycles. The highest BCUT2D eigenvalue weighted by Crippen LogP contribution is 2.34. The molecule has 0 aromatic rings. The van der Waals surface area contributed by atoms with Gasteiger partial charge in [-0.1, -0.05) is 19.8 Å². The average molecular weight is 240 g/mol. The molecule has 1 aliphatic heterocycles. The van der Waals surface area contributed by atoms with Crippen LogP contribution in [0.5, 0.6) is 0 Å². The van der Waals surface area contributed by atoms with Gasteiger partial charge in [0.1, 0.15) is 0 Å². The summed E-state index contributed by atoms with van der Waals surface area (Å²) in [4.78, 5) is 24.6. The van der Waals surface area contributed by atoms with E-state index in [9.17, 15) is 9.59 Å². The number of carbonyl (C=O) groups is 2. The summed E-state index contributed by atoms with van der Waals surface area (Å²) in [6.07, 6.45) is 3.10. The highest BCUT2D eigenvalue weighted by Gasteiger charge is 2.39. The molecule has 1 saturated carbocycles. The van der Waals surface area contributed by atoms with Crippen LogP contribution in [0.2, 0.25) is 0 Å². The second-order valence-corrected chi connectivity index (χ2v) is 5.45. The standard InChI is InChI=1S/C12H20N2O3/c1-7-5-14(6-9(7)12(16)17)11(15)10(13)4-8-2-3-8/h7-10H,2-6,13H2,1H3,(H,16,17)/t7-,9-,10?/m1/s1. The van der Waals surface area contributed by atoms with Crippen LogP contribution < -0.4 is 5.73 Å². The Kier molecular flexibility index (Phi) is 3.38. The summed E-state index contributed by atoms with van der Waals surface area (Å²) in [6.45, 7) is 2.71. The summed E-state index contributed by atoms with van der Waals surface area (Å²) >= 11 is 0. The first-order valence-electron chi connectivity index (χ1n) is 6.26. The van der Waals surface area contributed by atoms with Crippen LogP contribution in [0.1, 0.15) is 26.2 Å². The molecule has 2 aliphatic rings. The Morgan fingerprint density at radius 2 is 2.06 bits per heavy atom. The van der Waals surface area contributed by atoms with E-state index in [0.717, 1.165) is 6.42 Å². The first-order chi connectivity index (χ1) is 7.99. The number of hydrogen-bond donors (Lipinski definition) is 2. The van der Waals surface area contributed by atoms with Crippen LogP contribution in [0.3, 0.4) is 0 Å². The van der Waals surface area contributed by atoms with E-state index in [1.54, 1.807) is 4.90 Å². The van der Waals surface area contributed by atoms with Gasteiger partial charge in [-0.15, -0.1) is 0 Å². The van der Waals surface area contributed by atoms with Crippen molar-refractivity contribution in [3.05, 3.63) is 0 Å². The van der Waals surface area contributed by atoms with Crippen molar-refractivity contribution >= 4 is 11.9 Å². The maximum atomic E-state index is 12.0. The van der Waals surface area contributed by atoms with Crippen LogP contribution in [0.15, 0.2) is 0 Å². The topological polar surface area (TPSA) is 83.6 Å². The monoisotopic (exact) mass is 240 g/mol. The van der Waals surface area contributed by atoms with E-state index in [1.165, 1.54) is 12.8 Å². The number of carboxylic acids is 1. The van der Waals surface area contributed by atoms with Gasteiger partial charge < -0.3 is 15.7 Å². The molecule has 0 aromatic heterocycles. The molecule has 3 atom stereocenters. The minimum Gasteiger partial charge on any atom is -0.481 e. The molecule has 0 spiro atoms. The first kappa shape index (κ1) is 12.4. The number of nitrogens with zero attached hydrogens (tertiary/aromatic N) is 1. The van der Waals surface area contributed by atoms with E-state index in [0.29, 0.717) is 19.0 Å². The Hall–Kier alpha value is -1.10. The van der Waals surface area contributed by atoms with E-state index in [-0.39, 0.29) is 11.8 Å². The van der Waals surface area contributed by atoms with Crippen LogP contribution in [-0.4, -0.2) is 41.0 Å². The Morgan fingerprint density at radius 3 is 2.53 bits per heavy atom. The lowest BCUT2D eigenvalue weighted by atomic mass is 9.99. The molecule has 0 bridgehead atoms. The lowest BCUT2D eigenvalue weighted by Gasteiger charge is -2.20. The number of carbonyl (C=O) groups excluding carboxylic acids is 1.